The molecule has 5 heteroatoms. The topological polar surface area (TPSA) is 59.0 Å². The lowest BCUT2D eigenvalue weighted by atomic mass is 10.2. The number of imidazole rings is 1. The van der Waals surface area contributed by atoms with E-state index in [1.165, 1.54) is 5.69 Å². The van der Waals surface area contributed by atoms with Crippen molar-refractivity contribution in [3.05, 3.63) is 17.2 Å². The van der Waals surface area contributed by atoms with E-state index in [-0.39, 0.29) is 5.91 Å². The first-order valence-corrected chi connectivity index (χ1v) is 7.66. The Morgan fingerprint density at radius 3 is 3.00 bits per heavy atom. The van der Waals surface area contributed by atoms with Crippen LogP contribution in [0.1, 0.15) is 44.4 Å². The van der Waals surface area contributed by atoms with Crippen LogP contribution >= 0.6 is 0 Å². The lowest BCUT2D eigenvalue weighted by molar-refractivity contribution is -0.121. The Labute approximate surface area is 121 Å². The van der Waals surface area contributed by atoms with Gasteiger partial charge in [0.05, 0.1) is 5.69 Å². The highest BCUT2D eigenvalue weighted by Crippen LogP contribution is 2.17. The van der Waals surface area contributed by atoms with Crippen molar-refractivity contribution < 1.29 is 4.79 Å². The zero-order valence-electron chi connectivity index (χ0n) is 12.8. The number of aryl methyl sites for hydroxylation is 1. The van der Waals surface area contributed by atoms with E-state index in [0.29, 0.717) is 12.5 Å². The Morgan fingerprint density at radius 2 is 2.30 bits per heavy atom. The molecule has 1 amide bonds. The summed E-state index contributed by atoms with van der Waals surface area (Å²) in [6.07, 6.45) is 2.95. The standard InChI is InChI=1S/C15H26N4O/c1-4-5-14-18-12-9-16-7-6-13(12)19(14)10-15(20)17-8-11(2)3/h11,16H,4-10H2,1-3H3,(H,17,20). The Bertz CT molecular complexity index is 465. The number of nitrogens with zero attached hydrogens (tertiary/aromatic N) is 2. The van der Waals surface area contributed by atoms with Crippen LogP contribution in [0.15, 0.2) is 0 Å². The van der Waals surface area contributed by atoms with Gasteiger partial charge >= 0.3 is 0 Å². The maximum absolute atomic E-state index is 12.1. The molecule has 112 valence electrons. The second kappa shape index (κ2) is 6.88. The molecule has 1 aliphatic rings. The molecular formula is C15H26N4O. The molecule has 0 atom stereocenters. The monoisotopic (exact) mass is 278 g/mol. The molecule has 1 aromatic heterocycles. The molecule has 0 saturated heterocycles. The van der Waals surface area contributed by atoms with Crippen molar-refractivity contribution in [1.82, 2.24) is 20.2 Å². The molecule has 0 unspecified atom stereocenters. The number of aromatic nitrogens is 2. The molecule has 0 saturated carbocycles. The first kappa shape index (κ1) is 15.0. The van der Waals surface area contributed by atoms with Gasteiger partial charge in [-0.3, -0.25) is 4.79 Å². The van der Waals surface area contributed by atoms with Crippen molar-refractivity contribution in [2.24, 2.45) is 5.92 Å². The summed E-state index contributed by atoms with van der Waals surface area (Å²) in [7, 11) is 0. The summed E-state index contributed by atoms with van der Waals surface area (Å²) < 4.78 is 2.13. The summed E-state index contributed by atoms with van der Waals surface area (Å²) in [6.45, 7) is 9.30. The van der Waals surface area contributed by atoms with Gasteiger partial charge in [0.15, 0.2) is 0 Å². The van der Waals surface area contributed by atoms with Crippen molar-refractivity contribution >= 4 is 5.91 Å². The van der Waals surface area contributed by atoms with Gasteiger partial charge in [-0.25, -0.2) is 4.98 Å². The largest absolute Gasteiger partial charge is 0.354 e. The third kappa shape index (κ3) is 3.60. The first-order valence-electron chi connectivity index (χ1n) is 7.66. The van der Waals surface area contributed by atoms with Crippen LogP contribution in [0.5, 0.6) is 0 Å². The van der Waals surface area contributed by atoms with E-state index in [1.54, 1.807) is 0 Å². The molecule has 0 aromatic carbocycles. The number of carbonyl (C=O) groups excluding carboxylic acids is 1. The van der Waals surface area contributed by atoms with Crippen LogP contribution in [-0.2, 0) is 30.7 Å². The van der Waals surface area contributed by atoms with Gasteiger partial charge in [0.25, 0.3) is 0 Å². The van der Waals surface area contributed by atoms with Gasteiger partial charge in [-0.15, -0.1) is 0 Å². The molecule has 0 bridgehead atoms. The van der Waals surface area contributed by atoms with Gasteiger partial charge in [0.1, 0.15) is 12.4 Å². The van der Waals surface area contributed by atoms with Crippen LogP contribution in [-0.4, -0.2) is 28.5 Å². The lowest BCUT2D eigenvalue weighted by Crippen LogP contribution is -2.32. The van der Waals surface area contributed by atoms with E-state index in [1.807, 2.05) is 0 Å². The molecular weight excluding hydrogens is 252 g/mol. The lowest BCUT2D eigenvalue weighted by Gasteiger charge is -2.16. The van der Waals surface area contributed by atoms with E-state index in [0.717, 1.165) is 50.4 Å². The number of carbonyl (C=O) groups is 1. The highest BCUT2D eigenvalue weighted by atomic mass is 16.1. The summed E-state index contributed by atoms with van der Waals surface area (Å²) >= 11 is 0. The third-order valence-electron chi connectivity index (χ3n) is 3.55. The molecule has 0 radical (unpaired) electrons. The van der Waals surface area contributed by atoms with Gasteiger partial charge in [-0.05, 0) is 12.3 Å². The Morgan fingerprint density at radius 1 is 1.50 bits per heavy atom. The number of hydrogen-bond acceptors (Lipinski definition) is 3. The van der Waals surface area contributed by atoms with Crippen LogP contribution in [0.4, 0.5) is 0 Å². The maximum Gasteiger partial charge on any atom is 0.240 e. The summed E-state index contributed by atoms with van der Waals surface area (Å²) in [4.78, 5) is 16.8. The molecule has 5 nitrogen and oxygen atoms in total. The molecule has 0 aliphatic carbocycles. The fourth-order valence-corrected chi connectivity index (χ4v) is 2.55. The second-order valence-electron chi connectivity index (χ2n) is 5.88. The minimum atomic E-state index is 0.0924. The fourth-order valence-electron chi connectivity index (χ4n) is 2.55. The van der Waals surface area contributed by atoms with E-state index in [9.17, 15) is 4.79 Å². The molecule has 2 heterocycles. The van der Waals surface area contributed by atoms with Crippen LogP contribution in [0.2, 0.25) is 0 Å². The SMILES string of the molecule is CCCc1nc2c(n1CC(=O)NCC(C)C)CCNC2. The smallest absolute Gasteiger partial charge is 0.240 e. The van der Waals surface area contributed by atoms with Gasteiger partial charge in [-0.2, -0.15) is 0 Å². The highest BCUT2D eigenvalue weighted by Gasteiger charge is 2.20. The summed E-state index contributed by atoms with van der Waals surface area (Å²) in [6, 6.07) is 0. The molecule has 1 aliphatic heterocycles. The predicted octanol–water partition coefficient (Wildman–Crippen LogP) is 1.25. The van der Waals surface area contributed by atoms with E-state index in [4.69, 9.17) is 4.98 Å². The minimum Gasteiger partial charge on any atom is -0.354 e. The van der Waals surface area contributed by atoms with Crippen LogP contribution < -0.4 is 10.6 Å². The minimum absolute atomic E-state index is 0.0924. The van der Waals surface area contributed by atoms with Crippen LogP contribution in [0.25, 0.3) is 0 Å². The number of fused-ring (bicyclic) bond motifs is 1. The number of amides is 1. The van der Waals surface area contributed by atoms with E-state index >= 15 is 0 Å². The number of rotatable bonds is 6. The normalized spacial score (nSPS) is 14.4. The highest BCUT2D eigenvalue weighted by molar-refractivity contribution is 5.75. The van der Waals surface area contributed by atoms with Crippen molar-refractivity contribution in [3.8, 4) is 0 Å². The summed E-state index contributed by atoms with van der Waals surface area (Å²) in [5, 5.41) is 6.33. The predicted molar refractivity (Wildman–Crippen MR) is 79.5 cm³/mol. The van der Waals surface area contributed by atoms with Gasteiger partial charge in [0, 0.05) is 38.2 Å². The fraction of sp³-hybridized carbons (Fsp3) is 0.733. The van der Waals surface area contributed by atoms with Crippen molar-refractivity contribution in [2.45, 2.75) is 53.1 Å². The number of hydrogen-bond donors (Lipinski definition) is 2. The van der Waals surface area contributed by atoms with Crippen LogP contribution in [0, 0.1) is 5.92 Å². The van der Waals surface area contributed by atoms with Crippen LogP contribution in [0.3, 0.4) is 0 Å². The van der Waals surface area contributed by atoms with Gasteiger partial charge in [-0.1, -0.05) is 20.8 Å². The molecule has 0 spiro atoms. The van der Waals surface area contributed by atoms with Crippen molar-refractivity contribution in [1.29, 1.82) is 0 Å². The molecule has 20 heavy (non-hydrogen) atoms. The van der Waals surface area contributed by atoms with Crippen molar-refractivity contribution in [3.63, 3.8) is 0 Å². The third-order valence-corrected chi connectivity index (χ3v) is 3.55. The molecule has 1 aromatic rings. The maximum atomic E-state index is 12.1. The summed E-state index contributed by atoms with van der Waals surface area (Å²) in [5.41, 5.74) is 2.36. The zero-order chi connectivity index (χ0) is 14.5. The second-order valence-corrected chi connectivity index (χ2v) is 5.88. The van der Waals surface area contributed by atoms with Crippen molar-refractivity contribution in [2.75, 3.05) is 13.1 Å². The quantitative estimate of drug-likeness (QED) is 0.823. The Hall–Kier alpha value is -1.36. The van der Waals surface area contributed by atoms with E-state index < -0.39 is 0 Å². The average molecular weight is 278 g/mol. The van der Waals surface area contributed by atoms with E-state index in [2.05, 4.69) is 36.0 Å². The molecule has 0 fully saturated rings. The van der Waals surface area contributed by atoms with Gasteiger partial charge in [0.2, 0.25) is 5.91 Å². The molecule has 2 N–H and O–H groups in total. The Kier molecular flexibility index (Phi) is 5.17. The van der Waals surface area contributed by atoms with Gasteiger partial charge < -0.3 is 15.2 Å². The average Bonchev–Trinajstić information content (AvgIpc) is 2.75. The zero-order valence-corrected chi connectivity index (χ0v) is 12.8. The first-order chi connectivity index (χ1) is 9.61. The summed E-state index contributed by atoms with van der Waals surface area (Å²) in [5.74, 6) is 1.63. The number of nitrogens with one attached hydrogen (secondary N) is 2. The molecule has 2 rings (SSSR count). The Balaban J connectivity index is 2.12.